The molecule has 0 aliphatic heterocycles. The number of nitrogens with one attached hydrogen (secondary N) is 1. The van der Waals surface area contributed by atoms with E-state index in [9.17, 15) is 4.79 Å². The molecule has 0 atom stereocenters. The normalized spacial score (nSPS) is 9.38. The van der Waals surface area contributed by atoms with Crippen LogP contribution in [-0.2, 0) is 34.1 Å². The summed E-state index contributed by atoms with van der Waals surface area (Å²) in [5, 5.41) is 2.87. The van der Waals surface area contributed by atoms with Crippen LogP contribution >= 0.6 is 0 Å². The Balaban J connectivity index is 3.08. The number of carbonyl (C=O) groups excluding carboxylic acids is 1. The predicted octanol–water partition coefficient (Wildman–Crippen LogP) is 1.47. The van der Waals surface area contributed by atoms with Gasteiger partial charge in [-0.25, -0.2) is 0 Å². The van der Waals surface area contributed by atoms with Crippen LogP contribution in [0, 0.1) is 0 Å². The molecular weight excluding hydrogens is 355 g/mol. The van der Waals surface area contributed by atoms with Gasteiger partial charge in [-0.15, -0.1) is 0 Å². The fraction of sp³-hybridized carbons (Fsp3) is 0.889. The Bertz CT molecular complexity index is 131. The summed E-state index contributed by atoms with van der Waals surface area (Å²) in [7, 11) is 0. The van der Waals surface area contributed by atoms with E-state index in [0.717, 1.165) is 17.0 Å². The molecule has 0 heterocycles. The molecule has 0 aromatic carbocycles. The Kier molecular flexibility index (Phi) is 10.7. The summed E-state index contributed by atoms with van der Waals surface area (Å²) >= 11 is -0.780. The molecule has 1 N–H and O–H groups in total. The van der Waals surface area contributed by atoms with Gasteiger partial charge < -0.3 is 0 Å². The number of hydrogen-bond acceptors (Lipinski definition) is 2. The molecule has 0 radical (unpaired) electrons. The van der Waals surface area contributed by atoms with Crippen LogP contribution < -0.4 is 5.32 Å². The molecule has 4 heteroatoms. The van der Waals surface area contributed by atoms with Crippen molar-refractivity contribution in [3.63, 3.8) is 0 Å². The molecule has 0 saturated carbocycles. The average molecular weight is 374 g/mol. The molecule has 0 aliphatic carbocycles. The monoisotopic (exact) mass is 375 g/mol. The van der Waals surface area contributed by atoms with Crippen LogP contribution in [0.15, 0.2) is 0 Å². The van der Waals surface area contributed by atoms with E-state index in [1.54, 1.807) is 0 Å². The number of ether oxygens (including phenoxy) is 1. The summed E-state index contributed by atoms with van der Waals surface area (Å²) in [5.41, 5.74) is 0. The van der Waals surface area contributed by atoms with Crippen LogP contribution in [0.1, 0.15) is 20.3 Å². The van der Waals surface area contributed by atoms with E-state index < -0.39 is 24.6 Å². The van der Waals surface area contributed by atoms with E-state index in [-0.39, 0.29) is 5.91 Å². The van der Waals surface area contributed by atoms with Crippen LogP contribution in [0.2, 0.25) is 7.86 Å². The maximum atomic E-state index is 11.1. The fourth-order valence-corrected chi connectivity index (χ4v) is 4.24. The van der Waals surface area contributed by atoms with Crippen LogP contribution in [-0.4, -0.2) is 25.7 Å². The van der Waals surface area contributed by atoms with Crippen LogP contribution in [0.5, 0.6) is 0 Å². The zero-order valence-corrected chi connectivity index (χ0v) is 14.3. The zero-order chi connectivity index (χ0) is 9.94. The molecule has 0 bridgehead atoms. The zero-order valence-electron chi connectivity index (χ0n) is 8.77. The van der Waals surface area contributed by atoms with Crippen molar-refractivity contribution in [3.8, 4) is 0 Å². The van der Waals surface area contributed by atoms with Gasteiger partial charge in [0.15, 0.2) is 0 Å². The fourth-order valence-electron chi connectivity index (χ4n) is 0.935. The third-order valence-corrected chi connectivity index (χ3v) is 7.56. The molecule has 13 heavy (non-hydrogen) atoms. The molecule has 0 spiro atoms. The van der Waals surface area contributed by atoms with Gasteiger partial charge in [0.1, 0.15) is 0 Å². The van der Waals surface area contributed by atoms with Crippen molar-refractivity contribution in [2.75, 3.05) is 19.8 Å². The number of carbonyl (C=O) groups is 1. The van der Waals surface area contributed by atoms with Crippen molar-refractivity contribution >= 4 is 5.91 Å². The second-order valence-electron chi connectivity index (χ2n) is 3.07. The maximum absolute atomic E-state index is 11.1. The Morgan fingerprint density at radius 3 is 2.77 bits per heavy atom. The van der Waals surface area contributed by atoms with Crippen LogP contribution in [0.3, 0.4) is 0 Å². The summed E-state index contributed by atoms with van der Waals surface area (Å²) in [6, 6.07) is 0. The minimum absolute atomic E-state index is 0.239. The van der Waals surface area contributed by atoms with Gasteiger partial charge in [-0.05, 0) is 0 Å². The third-order valence-electron chi connectivity index (χ3n) is 1.67. The van der Waals surface area contributed by atoms with Crippen molar-refractivity contribution in [2.45, 2.75) is 28.1 Å². The first-order valence-electron chi connectivity index (χ1n) is 5.15. The van der Waals surface area contributed by atoms with Crippen molar-refractivity contribution in [3.05, 3.63) is 0 Å². The molecule has 0 rings (SSSR count). The van der Waals surface area contributed by atoms with Gasteiger partial charge in [0.05, 0.1) is 0 Å². The summed E-state index contributed by atoms with van der Waals surface area (Å²) in [6.07, 6.45) is 1.04. The van der Waals surface area contributed by atoms with E-state index in [4.69, 9.17) is 4.74 Å². The van der Waals surface area contributed by atoms with E-state index in [0.29, 0.717) is 13.2 Å². The van der Waals surface area contributed by atoms with Crippen molar-refractivity contribution in [1.29, 1.82) is 0 Å². The topological polar surface area (TPSA) is 38.3 Å². The minimum atomic E-state index is -0.780. The molecule has 0 aromatic rings. The molecule has 74 valence electrons. The standard InChI is InChI=1S/C7H14NO2.C2H5.Hg/c1-3-5-10-6-4-8-7(2)9;1-2;/h2-6H2,1H3,(H,8,9);1H2,2H3;. The second-order valence-corrected chi connectivity index (χ2v) is 11.6. The van der Waals surface area contributed by atoms with Gasteiger partial charge in [-0.1, -0.05) is 0 Å². The molecule has 3 nitrogen and oxygen atoms in total. The molecule has 0 unspecified atom stereocenters. The first-order chi connectivity index (χ1) is 6.31. The number of amides is 1. The quantitative estimate of drug-likeness (QED) is 0.517. The molecule has 0 saturated heterocycles. The Labute approximate surface area is 93.0 Å². The van der Waals surface area contributed by atoms with Crippen molar-refractivity contribution in [2.24, 2.45) is 0 Å². The molecule has 0 aromatic heterocycles. The number of rotatable bonds is 8. The van der Waals surface area contributed by atoms with Gasteiger partial charge in [0.2, 0.25) is 0 Å². The second kappa shape index (κ2) is 10.4. The third kappa shape index (κ3) is 10.3. The SMILES string of the molecule is CCCOCCNC(=O)[CH2][Hg][CH2]C. The molecule has 0 aliphatic rings. The number of hydrogen-bond donors (Lipinski definition) is 1. The van der Waals surface area contributed by atoms with E-state index in [2.05, 4.69) is 19.2 Å². The predicted molar refractivity (Wildman–Crippen MR) is 49.4 cm³/mol. The summed E-state index contributed by atoms with van der Waals surface area (Å²) in [6.45, 7) is 6.39. The molecule has 0 fully saturated rings. The van der Waals surface area contributed by atoms with Gasteiger partial charge >= 0.3 is 93.2 Å². The summed E-state index contributed by atoms with van der Waals surface area (Å²) in [5.74, 6) is 0.239. The van der Waals surface area contributed by atoms with Gasteiger partial charge in [-0.2, -0.15) is 0 Å². The van der Waals surface area contributed by atoms with Crippen molar-refractivity contribution in [1.82, 2.24) is 5.32 Å². The van der Waals surface area contributed by atoms with Crippen LogP contribution in [0.25, 0.3) is 0 Å². The first kappa shape index (κ1) is 13.4. The van der Waals surface area contributed by atoms with E-state index in [1.165, 1.54) is 3.93 Å². The van der Waals surface area contributed by atoms with Crippen LogP contribution in [0.4, 0.5) is 0 Å². The average Bonchev–Trinajstić information content (AvgIpc) is 2.14. The van der Waals surface area contributed by atoms with E-state index >= 15 is 0 Å². The van der Waals surface area contributed by atoms with Crippen molar-refractivity contribution < 1.29 is 34.1 Å². The molecule has 1 amide bonds. The molecular formula is C9H19HgNO2. The first-order valence-corrected chi connectivity index (χ1v) is 12.9. The summed E-state index contributed by atoms with van der Waals surface area (Å²) < 4.78 is 7.40. The van der Waals surface area contributed by atoms with Gasteiger partial charge in [0.25, 0.3) is 0 Å². The Morgan fingerprint density at radius 2 is 2.15 bits per heavy atom. The Morgan fingerprint density at radius 1 is 1.38 bits per heavy atom. The van der Waals surface area contributed by atoms with Gasteiger partial charge in [-0.3, -0.25) is 0 Å². The van der Waals surface area contributed by atoms with Gasteiger partial charge in [0, 0.05) is 0 Å². The Hall–Kier alpha value is 0.365. The summed E-state index contributed by atoms with van der Waals surface area (Å²) in [4.78, 5) is 11.1. The van der Waals surface area contributed by atoms with E-state index in [1.807, 2.05) is 0 Å².